The highest BCUT2D eigenvalue weighted by molar-refractivity contribution is 6.04. The van der Waals surface area contributed by atoms with Gasteiger partial charge in [0.15, 0.2) is 17.6 Å². The maximum atomic E-state index is 12.1. The molecule has 3 aromatic rings. The van der Waals surface area contributed by atoms with Crippen LogP contribution in [0.4, 0.5) is 0 Å². The second-order valence-electron chi connectivity index (χ2n) is 5.44. The van der Waals surface area contributed by atoms with Crippen LogP contribution in [0.15, 0.2) is 34.7 Å². The van der Waals surface area contributed by atoms with Gasteiger partial charge >= 0.3 is 0 Å². The summed E-state index contributed by atoms with van der Waals surface area (Å²) in [5.74, 6) is 0.371. The Hall–Kier alpha value is -2.76. The molecule has 0 atom stereocenters. The average Bonchev–Trinajstić information content (AvgIpc) is 3.11. The average molecular weight is 311 g/mol. The van der Waals surface area contributed by atoms with Gasteiger partial charge in [-0.15, -0.1) is 10.2 Å². The summed E-state index contributed by atoms with van der Waals surface area (Å²) in [6.45, 7) is 4.74. The van der Waals surface area contributed by atoms with E-state index in [4.69, 9.17) is 4.42 Å². The first-order valence-corrected chi connectivity index (χ1v) is 7.46. The van der Waals surface area contributed by atoms with Crippen LogP contribution in [0.3, 0.4) is 0 Å². The molecule has 3 rings (SSSR count). The van der Waals surface area contributed by atoms with Gasteiger partial charge in [-0.05, 0) is 26.0 Å². The number of hydrogen-bond acceptors (Lipinski definition) is 5. The quantitative estimate of drug-likeness (QED) is 0.677. The fourth-order valence-corrected chi connectivity index (χ4v) is 2.77. The number of aryl methyl sites for hydroxylation is 1. The molecular weight excluding hydrogens is 294 g/mol. The van der Waals surface area contributed by atoms with Crippen molar-refractivity contribution in [3.05, 3.63) is 36.2 Å². The van der Waals surface area contributed by atoms with Gasteiger partial charge in [0.25, 0.3) is 5.89 Å². The van der Waals surface area contributed by atoms with E-state index >= 15 is 0 Å². The Kier molecular flexibility index (Phi) is 3.82. The number of benzene rings is 1. The largest absolute Gasteiger partial charge is 0.419 e. The van der Waals surface area contributed by atoms with Crippen LogP contribution in [-0.2, 0) is 16.0 Å². The second-order valence-corrected chi connectivity index (χ2v) is 5.44. The minimum atomic E-state index is -0.901. The van der Waals surface area contributed by atoms with Gasteiger partial charge < -0.3 is 8.98 Å². The highest BCUT2D eigenvalue weighted by atomic mass is 16.4. The molecule has 0 radical (unpaired) electrons. The van der Waals surface area contributed by atoms with E-state index in [0.29, 0.717) is 23.9 Å². The van der Waals surface area contributed by atoms with Gasteiger partial charge in [0, 0.05) is 17.3 Å². The molecule has 0 aliphatic rings. The number of ketones is 2. The van der Waals surface area contributed by atoms with Crippen molar-refractivity contribution in [1.82, 2.24) is 14.8 Å². The summed E-state index contributed by atoms with van der Waals surface area (Å²) >= 11 is 0. The van der Waals surface area contributed by atoms with Crippen molar-refractivity contribution in [3.63, 3.8) is 0 Å². The van der Waals surface area contributed by atoms with Crippen molar-refractivity contribution >= 4 is 22.5 Å². The fourth-order valence-electron chi connectivity index (χ4n) is 2.77. The molecule has 0 spiro atoms. The van der Waals surface area contributed by atoms with Gasteiger partial charge in [-0.1, -0.05) is 25.1 Å². The molecule has 0 bridgehead atoms. The SMILES string of the molecule is CCc1nnc(-c2cc3ccccc3n2C(C(C)=O)C(C)=O)o1. The van der Waals surface area contributed by atoms with Crippen LogP contribution in [0, 0.1) is 0 Å². The molecule has 6 heteroatoms. The van der Waals surface area contributed by atoms with Crippen molar-refractivity contribution in [2.45, 2.75) is 33.2 Å². The number of fused-ring (bicyclic) bond motifs is 1. The molecule has 23 heavy (non-hydrogen) atoms. The number of para-hydroxylation sites is 1. The number of carbonyl (C=O) groups excluding carboxylic acids is 2. The van der Waals surface area contributed by atoms with Crippen molar-refractivity contribution in [2.75, 3.05) is 0 Å². The summed E-state index contributed by atoms with van der Waals surface area (Å²) in [5.41, 5.74) is 1.36. The Bertz CT molecular complexity index is 878. The van der Waals surface area contributed by atoms with Crippen LogP contribution in [0.1, 0.15) is 32.7 Å². The summed E-state index contributed by atoms with van der Waals surface area (Å²) in [6.07, 6.45) is 0.621. The van der Waals surface area contributed by atoms with Gasteiger partial charge in [0.1, 0.15) is 5.69 Å². The zero-order valence-corrected chi connectivity index (χ0v) is 13.2. The lowest BCUT2D eigenvalue weighted by Crippen LogP contribution is -2.24. The van der Waals surface area contributed by atoms with E-state index < -0.39 is 6.04 Å². The molecular formula is C17H17N3O3. The number of nitrogens with zero attached hydrogens (tertiary/aromatic N) is 3. The lowest BCUT2D eigenvalue weighted by molar-refractivity contribution is -0.129. The van der Waals surface area contributed by atoms with E-state index in [1.807, 2.05) is 37.3 Å². The second kappa shape index (κ2) is 5.79. The van der Waals surface area contributed by atoms with E-state index in [-0.39, 0.29) is 11.6 Å². The highest BCUT2D eigenvalue weighted by Crippen LogP contribution is 2.31. The lowest BCUT2D eigenvalue weighted by Gasteiger charge is -2.16. The molecule has 0 unspecified atom stereocenters. The van der Waals surface area contributed by atoms with Gasteiger partial charge in [-0.2, -0.15) is 0 Å². The number of rotatable bonds is 5. The smallest absolute Gasteiger partial charge is 0.264 e. The third-order valence-corrected chi connectivity index (χ3v) is 3.76. The Labute approximate surface area is 133 Å². The zero-order valence-electron chi connectivity index (χ0n) is 13.2. The summed E-state index contributed by atoms with van der Waals surface area (Å²) in [4.78, 5) is 24.1. The molecule has 1 aromatic carbocycles. The predicted octanol–water partition coefficient (Wildman–Crippen LogP) is 2.97. The van der Waals surface area contributed by atoms with Crippen LogP contribution in [0.5, 0.6) is 0 Å². The van der Waals surface area contributed by atoms with Crippen molar-refractivity contribution in [3.8, 4) is 11.6 Å². The minimum Gasteiger partial charge on any atom is -0.419 e. The number of Topliss-reactive ketones (excluding diaryl/α,β-unsaturated/α-hetero) is 2. The normalized spacial score (nSPS) is 11.3. The van der Waals surface area contributed by atoms with Crippen LogP contribution in [-0.4, -0.2) is 26.3 Å². The van der Waals surface area contributed by atoms with Gasteiger partial charge in [-0.25, -0.2) is 0 Å². The Morgan fingerprint density at radius 2 is 1.87 bits per heavy atom. The standard InChI is InChI=1S/C17H17N3O3/c1-4-15-18-19-17(23-15)14-9-12-7-5-6-8-13(12)20(14)16(10(2)21)11(3)22/h5-9,16H,4H2,1-3H3. The molecule has 118 valence electrons. The molecule has 6 nitrogen and oxygen atoms in total. The summed E-state index contributed by atoms with van der Waals surface area (Å²) in [5, 5.41) is 8.93. The number of hydrogen-bond donors (Lipinski definition) is 0. The molecule has 0 saturated heterocycles. The van der Waals surface area contributed by atoms with E-state index in [1.54, 1.807) is 4.57 Å². The Balaban J connectivity index is 2.30. The van der Waals surface area contributed by atoms with Gasteiger partial charge in [0.2, 0.25) is 5.89 Å². The molecule has 0 amide bonds. The first-order valence-electron chi connectivity index (χ1n) is 7.46. The van der Waals surface area contributed by atoms with E-state index in [0.717, 1.165) is 10.9 Å². The molecule has 0 aliphatic heterocycles. The summed E-state index contributed by atoms with van der Waals surface area (Å²) in [6, 6.07) is 8.52. The van der Waals surface area contributed by atoms with E-state index in [2.05, 4.69) is 10.2 Å². The van der Waals surface area contributed by atoms with Crippen LogP contribution in [0.2, 0.25) is 0 Å². The third kappa shape index (κ3) is 2.56. The third-order valence-electron chi connectivity index (χ3n) is 3.76. The zero-order chi connectivity index (χ0) is 16.6. The molecule has 0 aliphatic carbocycles. The lowest BCUT2D eigenvalue weighted by atomic mass is 10.1. The fraction of sp³-hybridized carbons (Fsp3) is 0.294. The Morgan fingerprint density at radius 1 is 1.17 bits per heavy atom. The minimum absolute atomic E-state index is 0.227. The van der Waals surface area contributed by atoms with E-state index in [9.17, 15) is 9.59 Å². The monoisotopic (exact) mass is 311 g/mol. The van der Waals surface area contributed by atoms with Crippen molar-refractivity contribution in [2.24, 2.45) is 0 Å². The van der Waals surface area contributed by atoms with Gasteiger partial charge in [-0.3, -0.25) is 9.59 Å². The highest BCUT2D eigenvalue weighted by Gasteiger charge is 2.28. The summed E-state index contributed by atoms with van der Waals surface area (Å²) in [7, 11) is 0. The van der Waals surface area contributed by atoms with Crippen LogP contribution in [0.25, 0.3) is 22.5 Å². The maximum absolute atomic E-state index is 12.1. The molecule has 2 aromatic heterocycles. The summed E-state index contributed by atoms with van der Waals surface area (Å²) < 4.78 is 7.32. The van der Waals surface area contributed by atoms with Crippen molar-refractivity contribution in [1.29, 1.82) is 0 Å². The first kappa shape index (κ1) is 15.1. The maximum Gasteiger partial charge on any atom is 0.264 e. The van der Waals surface area contributed by atoms with E-state index in [1.165, 1.54) is 13.8 Å². The molecule has 2 heterocycles. The molecule has 0 N–H and O–H groups in total. The molecule has 0 saturated carbocycles. The van der Waals surface area contributed by atoms with Gasteiger partial charge in [0.05, 0.1) is 0 Å². The van der Waals surface area contributed by atoms with Crippen molar-refractivity contribution < 1.29 is 14.0 Å². The Morgan fingerprint density at radius 3 is 2.48 bits per heavy atom. The van der Waals surface area contributed by atoms with Crippen LogP contribution >= 0.6 is 0 Å². The molecule has 0 fully saturated rings. The first-order chi connectivity index (χ1) is 11.0. The number of aromatic nitrogens is 3. The number of carbonyl (C=O) groups is 2. The predicted molar refractivity (Wildman–Crippen MR) is 85.0 cm³/mol. The topological polar surface area (TPSA) is 78.0 Å². The van der Waals surface area contributed by atoms with Crippen LogP contribution < -0.4 is 0 Å².